The van der Waals surface area contributed by atoms with Gasteiger partial charge in [-0.15, -0.1) is 0 Å². The zero-order chi connectivity index (χ0) is 22.1. The van der Waals surface area contributed by atoms with Gasteiger partial charge < -0.3 is 19.5 Å². The van der Waals surface area contributed by atoms with Gasteiger partial charge in [0, 0.05) is 23.9 Å². The summed E-state index contributed by atoms with van der Waals surface area (Å²) in [5.41, 5.74) is 2.17. The minimum absolute atomic E-state index is 0.186. The molecule has 4 rings (SSSR count). The van der Waals surface area contributed by atoms with Crippen LogP contribution in [0.15, 0.2) is 47.3 Å². The number of aromatic nitrogens is 3. The number of benzene rings is 2. The molecule has 2 aromatic carbocycles. The quantitative estimate of drug-likeness (QED) is 0.513. The van der Waals surface area contributed by atoms with Gasteiger partial charge in [0.05, 0.1) is 37.9 Å². The number of hydrogen-bond donors (Lipinski definition) is 1. The topological polar surface area (TPSA) is 96.1 Å². The molecule has 31 heavy (non-hydrogen) atoms. The van der Waals surface area contributed by atoms with E-state index >= 15 is 0 Å². The van der Waals surface area contributed by atoms with Gasteiger partial charge >= 0.3 is 0 Å². The number of methoxy groups -OCH3 is 3. The molecule has 9 heteroatoms. The maximum atomic E-state index is 13.1. The summed E-state index contributed by atoms with van der Waals surface area (Å²) in [6.07, 6.45) is 0. The molecule has 0 aliphatic rings. The zero-order valence-corrected chi connectivity index (χ0v) is 17.6. The molecule has 9 nitrogen and oxygen atoms in total. The van der Waals surface area contributed by atoms with Crippen molar-refractivity contribution in [1.29, 1.82) is 0 Å². The molecule has 4 aromatic rings. The second-order valence-corrected chi connectivity index (χ2v) is 6.93. The Morgan fingerprint density at radius 1 is 1.03 bits per heavy atom. The van der Waals surface area contributed by atoms with E-state index in [2.05, 4.69) is 10.4 Å². The number of nitrogens with one attached hydrogen (secondary N) is 1. The number of ether oxygens (including phenoxy) is 3. The first kappa shape index (κ1) is 20.3. The lowest BCUT2D eigenvalue weighted by Gasteiger charge is -2.15. The van der Waals surface area contributed by atoms with Gasteiger partial charge in [0.25, 0.3) is 5.56 Å². The minimum Gasteiger partial charge on any atom is -0.493 e. The molecule has 0 saturated carbocycles. The smallest absolute Gasteiger partial charge is 0.262 e. The summed E-state index contributed by atoms with van der Waals surface area (Å²) in [6.45, 7) is 1.65. The maximum Gasteiger partial charge on any atom is 0.262 e. The third-order valence-corrected chi connectivity index (χ3v) is 4.95. The summed E-state index contributed by atoms with van der Waals surface area (Å²) >= 11 is 0. The summed E-state index contributed by atoms with van der Waals surface area (Å²) in [4.78, 5) is 26.0. The van der Waals surface area contributed by atoms with Crippen LogP contribution >= 0.6 is 0 Å². The fourth-order valence-corrected chi connectivity index (χ4v) is 3.59. The molecule has 0 fully saturated rings. The molecule has 0 radical (unpaired) electrons. The highest BCUT2D eigenvalue weighted by atomic mass is 16.5. The number of carbonyl (C=O) groups excluding carboxylic acids is 1. The van der Waals surface area contributed by atoms with E-state index in [0.717, 1.165) is 5.69 Å². The number of rotatable bonds is 6. The number of aryl methyl sites for hydroxylation is 1. The molecule has 0 saturated heterocycles. The van der Waals surface area contributed by atoms with Crippen LogP contribution in [0, 0.1) is 6.92 Å². The van der Waals surface area contributed by atoms with Gasteiger partial charge in [-0.2, -0.15) is 5.10 Å². The van der Waals surface area contributed by atoms with Crippen molar-refractivity contribution in [1.82, 2.24) is 14.2 Å². The van der Waals surface area contributed by atoms with E-state index in [1.54, 1.807) is 34.8 Å². The molecule has 2 aromatic heterocycles. The normalized spacial score (nSPS) is 11.0. The summed E-state index contributed by atoms with van der Waals surface area (Å²) < 4.78 is 19.0. The lowest BCUT2D eigenvalue weighted by Crippen LogP contribution is -2.29. The van der Waals surface area contributed by atoms with Crippen molar-refractivity contribution < 1.29 is 19.0 Å². The van der Waals surface area contributed by atoms with Crippen LogP contribution in [0.2, 0.25) is 0 Å². The highest BCUT2D eigenvalue weighted by Crippen LogP contribution is 2.39. The molecule has 160 valence electrons. The van der Waals surface area contributed by atoms with Crippen LogP contribution in [0.3, 0.4) is 0 Å². The van der Waals surface area contributed by atoms with Crippen LogP contribution in [0.25, 0.3) is 16.6 Å². The predicted molar refractivity (Wildman–Crippen MR) is 116 cm³/mol. The zero-order valence-electron chi connectivity index (χ0n) is 17.6. The van der Waals surface area contributed by atoms with E-state index in [4.69, 9.17) is 14.2 Å². The molecule has 0 aliphatic heterocycles. The fraction of sp³-hybridized carbons (Fsp3) is 0.227. The van der Waals surface area contributed by atoms with E-state index in [-0.39, 0.29) is 18.0 Å². The van der Waals surface area contributed by atoms with E-state index in [0.29, 0.717) is 39.5 Å². The molecule has 0 atom stereocenters. The summed E-state index contributed by atoms with van der Waals surface area (Å²) in [7, 11) is 4.50. The standard InChI is InChI=1S/C22H22N4O5/c1-13-9-20-25(22(28)15-7-5-6-8-16(15)26(20)24-13)12-19(27)23-14-10-17(29-2)21(31-4)18(11-14)30-3/h5-11H,12H2,1-4H3,(H,23,27). The number of para-hydroxylation sites is 1. The SMILES string of the molecule is COc1cc(NC(=O)Cn2c(=O)c3ccccc3n3nc(C)cc23)cc(OC)c1OC. The average Bonchev–Trinajstić information content (AvgIpc) is 3.17. The van der Waals surface area contributed by atoms with Crippen LogP contribution in [0.4, 0.5) is 5.69 Å². The Balaban J connectivity index is 1.72. The Hall–Kier alpha value is -4.01. The first-order valence-corrected chi connectivity index (χ1v) is 9.54. The Labute approximate surface area is 177 Å². The second kappa shape index (κ2) is 8.02. The molecule has 0 spiro atoms. The van der Waals surface area contributed by atoms with E-state index in [1.807, 2.05) is 19.1 Å². The number of nitrogens with zero attached hydrogens (tertiary/aromatic N) is 3. The Kier molecular flexibility index (Phi) is 5.24. The van der Waals surface area contributed by atoms with Crippen molar-refractivity contribution in [3.63, 3.8) is 0 Å². The average molecular weight is 422 g/mol. The molecule has 2 heterocycles. The molecule has 1 N–H and O–H groups in total. The van der Waals surface area contributed by atoms with Crippen molar-refractivity contribution in [2.24, 2.45) is 0 Å². The van der Waals surface area contributed by atoms with Gasteiger partial charge in [-0.3, -0.25) is 14.2 Å². The minimum atomic E-state index is -0.382. The summed E-state index contributed by atoms with van der Waals surface area (Å²) in [6, 6.07) is 12.2. The van der Waals surface area contributed by atoms with Crippen molar-refractivity contribution in [2.45, 2.75) is 13.5 Å². The summed E-state index contributed by atoms with van der Waals surface area (Å²) in [5.74, 6) is 0.861. The number of hydrogen-bond acceptors (Lipinski definition) is 6. The highest BCUT2D eigenvalue weighted by Gasteiger charge is 2.17. The molecular weight excluding hydrogens is 400 g/mol. The predicted octanol–water partition coefficient (Wildman–Crippen LogP) is 2.62. The van der Waals surface area contributed by atoms with Crippen molar-refractivity contribution in [3.05, 3.63) is 58.5 Å². The number of fused-ring (bicyclic) bond motifs is 3. The number of anilines is 1. The van der Waals surface area contributed by atoms with E-state index in [9.17, 15) is 9.59 Å². The maximum absolute atomic E-state index is 13.1. The molecule has 1 amide bonds. The molecule has 0 unspecified atom stereocenters. The van der Waals surface area contributed by atoms with Crippen molar-refractivity contribution in [3.8, 4) is 17.2 Å². The Morgan fingerprint density at radius 3 is 2.35 bits per heavy atom. The van der Waals surface area contributed by atoms with Gasteiger partial charge in [-0.1, -0.05) is 12.1 Å². The largest absolute Gasteiger partial charge is 0.493 e. The molecular formula is C22H22N4O5. The lowest BCUT2D eigenvalue weighted by molar-refractivity contribution is -0.116. The van der Waals surface area contributed by atoms with Gasteiger partial charge in [-0.05, 0) is 19.1 Å². The lowest BCUT2D eigenvalue weighted by atomic mass is 10.2. The molecule has 0 bridgehead atoms. The summed E-state index contributed by atoms with van der Waals surface area (Å²) in [5, 5.41) is 7.76. The Bertz CT molecular complexity index is 1330. The van der Waals surface area contributed by atoms with Crippen LogP contribution in [-0.4, -0.2) is 41.4 Å². The fourth-order valence-electron chi connectivity index (χ4n) is 3.59. The first-order valence-electron chi connectivity index (χ1n) is 9.54. The van der Waals surface area contributed by atoms with E-state index in [1.165, 1.54) is 25.9 Å². The van der Waals surface area contributed by atoms with Gasteiger partial charge in [0.1, 0.15) is 12.2 Å². The van der Waals surface area contributed by atoms with Gasteiger partial charge in [0.2, 0.25) is 11.7 Å². The van der Waals surface area contributed by atoms with Gasteiger partial charge in [0.15, 0.2) is 11.5 Å². The van der Waals surface area contributed by atoms with Crippen LogP contribution in [0.5, 0.6) is 17.2 Å². The second-order valence-electron chi connectivity index (χ2n) is 6.93. The van der Waals surface area contributed by atoms with Gasteiger partial charge in [-0.25, -0.2) is 4.52 Å². The van der Waals surface area contributed by atoms with Crippen LogP contribution in [0.1, 0.15) is 5.69 Å². The number of carbonyl (C=O) groups is 1. The Morgan fingerprint density at radius 2 is 1.71 bits per heavy atom. The third kappa shape index (κ3) is 3.54. The third-order valence-electron chi connectivity index (χ3n) is 4.95. The highest BCUT2D eigenvalue weighted by molar-refractivity contribution is 5.92. The van der Waals surface area contributed by atoms with E-state index < -0.39 is 0 Å². The first-order chi connectivity index (χ1) is 15.0. The molecule has 0 aliphatic carbocycles. The number of amides is 1. The van der Waals surface area contributed by atoms with Crippen molar-refractivity contribution in [2.75, 3.05) is 26.6 Å². The van der Waals surface area contributed by atoms with Crippen LogP contribution < -0.4 is 25.1 Å². The van der Waals surface area contributed by atoms with Crippen LogP contribution in [-0.2, 0) is 11.3 Å². The monoisotopic (exact) mass is 422 g/mol. The van der Waals surface area contributed by atoms with Crippen molar-refractivity contribution >= 4 is 28.1 Å².